The summed E-state index contributed by atoms with van der Waals surface area (Å²) in [5.41, 5.74) is 0.988. The summed E-state index contributed by atoms with van der Waals surface area (Å²) in [6, 6.07) is 7.45. The molecule has 1 aromatic heterocycles. The Morgan fingerprint density at radius 1 is 1.33 bits per heavy atom. The van der Waals surface area contributed by atoms with Crippen molar-refractivity contribution in [3.05, 3.63) is 46.7 Å². The lowest BCUT2D eigenvalue weighted by atomic mass is 10.1. The first-order valence-corrected chi connectivity index (χ1v) is 8.11. The van der Waals surface area contributed by atoms with Crippen molar-refractivity contribution in [2.75, 3.05) is 5.32 Å². The predicted molar refractivity (Wildman–Crippen MR) is 91.1 cm³/mol. The van der Waals surface area contributed by atoms with Crippen LogP contribution < -0.4 is 5.32 Å². The van der Waals surface area contributed by atoms with E-state index in [-0.39, 0.29) is 39.4 Å². The normalized spacial score (nSPS) is 21.2. The third kappa shape index (κ3) is 3.32. The zero-order valence-electron chi connectivity index (χ0n) is 13.0. The monoisotopic (exact) mass is 368 g/mol. The van der Waals surface area contributed by atoms with Crippen molar-refractivity contribution in [3.8, 4) is 11.3 Å². The minimum absolute atomic E-state index is 0.0259. The van der Waals surface area contributed by atoms with Crippen LogP contribution in [0, 0.1) is 23.1 Å². The third-order valence-electron chi connectivity index (χ3n) is 4.40. The van der Waals surface area contributed by atoms with Crippen LogP contribution in [-0.4, -0.2) is 11.1 Å². The lowest BCUT2D eigenvalue weighted by molar-refractivity contribution is -0.118. The molecule has 1 aliphatic carbocycles. The predicted octanol–water partition coefficient (Wildman–Crippen LogP) is 5.01. The van der Waals surface area contributed by atoms with Gasteiger partial charge in [-0.25, -0.2) is 4.39 Å². The van der Waals surface area contributed by atoms with Gasteiger partial charge in [0.2, 0.25) is 11.8 Å². The SMILES string of the molecule is CC1(C)C(C=C(Cl)Cl)C1C(=O)Nc1cc(-c2ccc(F)cc2)no1. The average Bonchev–Trinajstić information content (AvgIpc) is 2.84. The number of nitrogens with zero attached hydrogens (tertiary/aromatic N) is 1. The Morgan fingerprint density at radius 2 is 2.00 bits per heavy atom. The van der Waals surface area contributed by atoms with Crippen LogP contribution >= 0.6 is 23.2 Å². The topological polar surface area (TPSA) is 55.1 Å². The fourth-order valence-electron chi connectivity index (χ4n) is 2.92. The van der Waals surface area contributed by atoms with Gasteiger partial charge in [-0.3, -0.25) is 10.1 Å². The molecule has 24 heavy (non-hydrogen) atoms. The third-order valence-corrected chi connectivity index (χ3v) is 4.65. The van der Waals surface area contributed by atoms with E-state index in [4.69, 9.17) is 27.7 Å². The summed E-state index contributed by atoms with van der Waals surface area (Å²) < 4.78 is 18.2. The maximum absolute atomic E-state index is 13.0. The van der Waals surface area contributed by atoms with Crippen LogP contribution in [-0.2, 0) is 4.79 Å². The van der Waals surface area contributed by atoms with Crippen LogP contribution in [0.25, 0.3) is 11.3 Å². The van der Waals surface area contributed by atoms with Crippen molar-refractivity contribution in [2.24, 2.45) is 17.3 Å². The van der Waals surface area contributed by atoms with Crippen LogP contribution in [0.1, 0.15) is 13.8 Å². The Bertz CT molecular complexity index is 795. The molecule has 0 radical (unpaired) electrons. The summed E-state index contributed by atoms with van der Waals surface area (Å²) in [5.74, 6) is -0.547. The molecule has 2 unspecified atom stereocenters. The highest BCUT2D eigenvalue weighted by atomic mass is 35.5. The number of hydrogen-bond donors (Lipinski definition) is 1. The Balaban J connectivity index is 1.70. The van der Waals surface area contributed by atoms with Crippen LogP contribution in [0.2, 0.25) is 0 Å². The van der Waals surface area contributed by atoms with Gasteiger partial charge in [-0.1, -0.05) is 42.2 Å². The molecule has 4 nitrogen and oxygen atoms in total. The number of allylic oxidation sites excluding steroid dienone is 1. The van der Waals surface area contributed by atoms with E-state index >= 15 is 0 Å². The standard InChI is InChI=1S/C17H15Cl2FN2O2/c1-17(2)11(7-13(18)19)15(17)16(23)21-14-8-12(22-24-14)9-3-5-10(20)6-4-9/h3-8,11,15H,1-2H3,(H,21,23). The molecule has 0 bridgehead atoms. The number of halogens is 3. The van der Waals surface area contributed by atoms with Crippen molar-refractivity contribution < 1.29 is 13.7 Å². The molecule has 1 heterocycles. The van der Waals surface area contributed by atoms with E-state index in [2.05, 4.69) is 10.5 Å². The molecule has 1 aromatic carbocycles. The van der Waals surface area contributed by atoms with Crippen molar-refractivity contribution in [1.29, 1.82) is 0 Å². The zero-order chi connectivity index (χ0) is 17.5. The highest BCUT2D eigenvalue weighted by molar-refractivity contribution is 6.55. The molecule has 1 aliphatic rings. The van der Waals surface area contributed by atoms with Crippen LogP contribution in [0.5, 0.6) is 0 Å². The number of carbonyl (C=O) groups excluding carboxylic acids is 1. The Labute approximate surface area is 148 Å². The Hall–Kier alpha value is -1.85. The zero-order valence-corrected chi connectivity index (χ0v) is 14.5. The molecule has 0 saturated heterocycles. The van der Waals surface area contributed by atoms with Gasteiger partial charge in [0, 0.05) is 11.6 Å². The minimum Gasteiger partial charge on any atom is -0.338 e. The van der Waals surface area contributed by atoms with Crippen LogP contribution in [0.4, 0.5) is 10.3 Å². The fraction of sp³-hybridized carbons (Fsp3) is 0.294. The summed E-state index contributed by atoms with van der Waals surface area (Å²) in [6.07, 6.45) is 1.68. The minimum atomic E-state index is -0.330. The van der Waals surface area contributed by atoms with Gasteiger partial charge in [-0.15, -0.1) is 0 Å². The summed E-state index contributed by atoms with van der Waals surface area (Å²) in [6.45, 7) is 3.94. The number of nitrogens with one attached hydrogen (secondary N) is 1. The number of hydrogen-bond acceptors (Lipinski definition) is 3. The molecule has 126 valence electrons. The second-order valence-corrected chi connectivity index (χ2v) is 7.36. The van der Waals surface area contributed by atoms with E-state index in [1.165, 1.54) is 12.1 Å². The highest BCUT2D eigenvalue weighted by Gasteiger charge is 2.60. The van der Waals surface area contributed by atoms with Crippen LogP contribution in [0.15, 0.2) is 45.4 Å². The van der Waals surface area contributed by atoms with Gasteiger partial charge in [0.25, 0.3) is 0 Å². The van der Waals surface area contributed by atoms with Gasteiger partial charge in [-0.05, 0) is 41.7 Å². The van der Waals surface area contributed by atoms with Gasteiger partial charge >= 0.3 is 0 Å². The first-order valence-electron chi connectivity index (χ1n) is 7.35. The second-order valence-electron chi connectivity index (χ2n) is 6.35. The maximum atomic E-state index is 13.0. The number of anilines is 1. The van der Waals surface area contributed by atoms with Crippen molar-refractivity contribution in [1.82, 2.24) is 5.16 Å². The summed E-state index contributed by atoms with van der Waals surface area (Å²) >= 11 is 11.4. The number of carbonyl (C=O) groups is 1. The summed E-state index contributed by atoms with van der Waals surface area (Å²) in [5, 5.41) is 6.59. The van der Waals surface area contributed by atoms with Gasteiger partial charge in [0.15, 0.2) is 0 Å². The Kier molecular flexibility index (Phi) is 4.40. The lowest BCUT2D eigenvalue weighted by Gasteiger charge is -2.01. The lowest BCUT2D eigenvalue weighted by Crippen LogP contribution is -2.16. The average molecular weight is 369 g/mol. The van der Waals surface area contributed by atoms with Crippen molar-refractivity contribution in [3.63, 3.8) is 0 Å². The molecule has 2 aromatic rings. The van der Waals surface area contributed by atoms with Gasteiger partial charge in [0.05, 0.1) is 5.92 Å². The molecular formula is C17H15Cl2FN2O2. The smallest absolute Gasteiger partial charge is 0.231 e. The molecule has 1 fully saturated rings. The Morgan fingerprint density at radius 3 is 2.62 bits per heavy atom. The first kappa shape index (κ1) is 17.0. The summed E-state index contributed by atoms with van der Waals surface area (Å²) in [7, 11) is 0. The van der Waals surface area contributed by atoms with E-state index in [0.717, 1.165) is 0 Å². The molecule has 0 spiro atoms. The molecular weight excluding hydrogens is 354 g/mol. The largest absolute Gasteiger partial charge is 0.338 e. The molecule has 3 rings (SSSR count). The molecule has 0 aliphatic heterocycles. The molecule has 1 N–H and O–H groups in total. The van der Waals surface area contributed by atoms with E-state index in [0.29, 0.717) is 11.3 Å². The first-order chi connectivity index (χ1) is 11.3. The fourth-order valence-corrected chi connectivity index (χ4v) is 3.19. The maximum Gasteiger partial charge on any atom is 0.231 e. The molecule has 1 saturated carbocycles. The van der Waals surface area contributed by atoms with Gasteiger partial charge in [0.1, 0.15) is 16.0 Å². The van der Waals surface area contributed by atoms with Gasteiger partial charge in [-0.2, -0.15) is 0 Å². The number of aromatic nitrogens is 1. The number of rotatable bonds is 4. The second kappa shape index (κ2) is 6.22. The van der Waals surface area contributed by atoms with Crippen molar-refractivity contribution in [2.45, 2.75) is 13.8 Å². The van der Waals surface area contributed by atoms with E-state index in [1.54, 1.807) is 24.3 Å². The quantitative estimate of drug-likeness (QED) is 0.824. The van der Waals surface area contributed by atoms with E-state index in [1.807, 2.05) is 13.8 Å². The van der Waals surface area contributed by atoms with E-state index in [9.17, 15) is 9.18 Å². The molecule has 2 atom stereocenters. The van der Waals surface area contributed by atoms with E-state index < -0.39 is 0 Å². The van der Waals surface area contributed by atoms with Gasteiger partial charge < -0.3 is 4.52 Å². The number of benzene rings is 1. The highest BCUT2D eigenvalue weighted by Crippen LogP contribution is 2.60. The molecule has 7 heteroatoms. The van der Waals surface area contributed by atoms with Crippen molar-refractivity contribution >= 4 is 35.0 Å². The number of amides is 1. The molecule has 1 amide bonds. The summed E-state index contributed by atoms with van der Waals surface area (Å²) in [4.78, 5) is 12.4. The van der Waals surface area contributed by atoms with Crippen LogP contribution in [0.3, 0.4) is 0 Å².